The highest BCUT2D eigenvalue weighted by atomic mass is 35.5. The molecule has 0 radical (unpaired) electrons. The van der Waals surface area contributed by atoms with Gasteiger partial charge in [-0.15, -0.1) is 11.8 Å². The number of methoxy groups -OCH3 is 1. The first-order valence-corrected chi connectivity index (χ1v) is 9.29. The summed E-state index contributed by atoms with van der Waals surface area (Å²) in [6, 6.07) is 12.0. The number of aliphatic hydroxyl groups excluding tert-OH is 1. The van der Waals surface area contributed by atoms with Crippen molar-refractivity contribution in [1.82, 2.24) is 5.32 Å². The molecule has 2 aromatic rings. The quantitative estimate of drug-likeness (QED) is 0.518. The Labute approximate surface area is 160 Å². The largest absolute Gasteiger partial charge is 0.495 e. The minimum Gasteiger partial charge on any atom is -0.495 e. The fraction of sp³-hybridized carbons (Fsp3) is 0.222. The zero-order chi connectivity index (χ0) is 19.1. The Morgan fingerprint density at radius 3 is 2.50 bits per heavy atom. The Balaban J connectivity index is 1.92. The van der Waals surface area contributed by atoms with E-state index in [4.69, 9.17) is 16.3 Å². The van der Waals surface area contributed by atoms with Gasteiger partial charge < -0.3 is 20.5 Å². The van der Waals surface area contributed by atoms with Gasteiger partial charge in [0.25, 0.3) is 0 Å². The van der Waals surface area contributed by atoms with Crippen molar-refractivity contribution < 1.29 is 19.4 Å². The summed E-state index contributed by atoms with van der Waals surface area (Å²) >= 11 is 7.48. The van der Waals surface area contributed by atoms with Crippen molar-refractivity contribution in [3.63, 3.8) is 0 Å². The van der Waals surface area contributed by atoms with Crippen LogP contribution in [0.15, 0.2) is 47.4 Å². The van der Waals surface area contributed by atoms with Crippen LogP contribution in [0, 0.1) is 0 Å². The van der Waals surface area contributed by atoms with Gasteiger partial charge in [0.15, 0.2) is 0 Å². The molecule has 0 saturated heterocycles. The molecule has 0 saturated carbocycles. The maximum Gasteiger partial charge on any atom is 0.313 e. The van der Waals surface area contributed by atoms with E-state index in [0.717, 1.165) is 4.90 Å². The molecular weight excluding hydrogens is 376 g/mol. The Morgan fingerprint density at radius 1 is 1.19 bits per heavy atom. The number of hydrogen-bond acceptors (Lipinski definition) is 5. The highest BCUT2D eigenvalue weighted by molar-refractivity contribution is 7.98. The molecular formula is C18H19ClN2O4S. The third-order valence-corrected chi connectivity index (χ3v) is 4.55. The average Bonchev–Trinajstić information content (AvgIpc) is 2.66. The van der Waals surface area contributed by atoms with Crippen LogP contribution in [0.25, 0.3) is 0 Å². The Kier molecular flexibility index (Phi) is 7.32. The van der Waals surface area contributed by atoms with Gasteiger partial charge in [-0.2, -0.15) is 0 Å². The zero-order valence-electron chi connectivity index (χ0n) is 14.3. The molecule has 0 fully saturated rings. The number of rotatable bonds is 6. The summed E-state index contributed by atoms with van der Waals surface area (Å²) in [6.45, 7) is -0.0858. The smallest absolute Gasteiger partial charge is 0.313 e. The van der Waals surface area contributed by atoms with Crippen molar-refractivity contribution in [3.05, 3.63) is 53.1 Å². The predicted octanol–water partition coefficient (Wildman–Crippen LogP) is 2.86. The summed E-state index contributed by atoms with van der Waals surface area (Å²) in [7, 11) is 1.44. The highest BCUT2D eigenvalue weighted by Gasteiger charge is 2.17. The van der Waals surface area contributed by atoms with E-state index in [1.54, 1.807) is 36.0 Å². The number of ether oxygens (including phenoxy) is 1. The molecule has 0 aliphatic carbocycles. The summed E-state index contributed by atoms with van der Waals surface area (Å²) in [5.74, 6) is -1.37. The van der Waals surface area contributed by atoms with E-state index < -0.39 is 17.9 Å². The molecule has 26 heavy (non-hydrogen) atoms. The lowest BCUT2D eigenvalue weighted by Crippen LogP contribution is -2.37. The number of benzene rings is 2. The maximum absolute atomic E-state index is 12.0. The minimum atomic E-state index is -0.914. The van der Waals surface area contributed by atoms with Crippen LogP contribution in [0.3, 0.4) is 0 Å². The van der Waals surface area contributed by atoms with Crippen molar-refractivity contribution in [3.8, 4) is 5.75 Å². The van der Waals surface area contributed by atoms with Crippen LogP contribution in [-0.2, 0) is 9.59 Å². The van der Waals surface area contributed by atoms with Gasteiger partial charge in [-0.05, 0) is 42.2 Å². The lowest BCUT2D eigenvalue weighted by Gasteiger charge is -2.13. The normalized spacial score (nSPS) is 11.5. The Bertz CT molecular complexity index is 783. The zero-order valence-corrected chi connectivity index (χ0v) is 15.9. The van der Waals surface area contributed by atoms with E-state index in [1.165, 1.54) is 13.2 Å². The summed E-state index contributed by atoms with van der Waals surface area (Å²) in [4.78, 5) is 25.0. The third-order valence-electron chi connectivity index (χ3n) is 3.57. The molecule has 1 atom stereocenters. The molecule has 2 rings (SSSR count). The van der Waals surface area contributed by atoms with Gasteiger partial charge in [0, 0.05) is 16.5 Å². The number of hydrogen-bond donors (Lipinski definition) is 3. The molecule has 0 aliphatic rings. The second-order valence-electron chi connectivity index (χ2n) is 5.30. The van der Waals surface area contributed by atoms with Crippen LogP contribution in [-0.4, -0.2) is 36.8 Å². The van der Waals surface area contributed by atoms with Gasteiger partial charge in [-0.1, -0.05) is 23.7 Å². The fourth-order valence-electron chi connectivity index (χ4n) is 2.17. The SMILES string of the molecule is COc1ccc(Cl)cc1NC(=O)C(=O)NCC(O)c1ccc(SC)cc1. The number of aliphatic hydroxyl groups is 1. The second-order valence-corrected chi connectivity index (χ2v) is 6.61. The van der Waals surface area contributed by atoms with E-state index in [2.05, 4.69) is 10.6 Å². The number of anilines is 1. The third kappa shape index (κ3) is 5.39. The lowest BCUT2D eigenvalue weighted by atomic mass is 10.1. The molecule has 1 unspecified atom stereocenters. The molecule has 8 heteroatoms. The van der Waals surface area contributed by atoms with Gasteiger partial charge in [0.1, 0.15) is 5.75 Å². The maximum atomic E-state index is 12.0. The molecule has 0 heterocycles. The molecule has 0 aliphatic heterocycles. The first kappa shape index (κ1) is 20.1. The molecule has 0 aromatic heterocycles. The molecule has 3 N–H and O–H groups in total. The van der Waals surface area contributed by atoms with Crippen LogP contribution in [0.4, 0.5) is 5.69 Å². The number of carbonyl (C=O) groups excluding carboxylic acids is 2. The number of thioether (sulfide) groups is 1. The average molecular weight is 395 g/mol. The van der Waals surface area contributed by atoms with Crippen LogP contribution < -0.4 is 15.4 Å². The number of halogens is 1. The number of carbonyl (C=O) groups is 2. The number of amides is 2. The molecule has 6 nitrogen and oxygen atoms in total. The fourth-order valence-corrected chi connectivity index (χ4v) is 2.75. The Hall–Kier alpha value is -2.22. The first-order valence-electron chi connectivity index (χ1n) is 7.69. The van der Waals surface area contributed by atoms with Gasteiger partial charge in [-0.3, -0.25) is 9.59 Å². The topological polar surface area (TPSA) is 87.7 Å². The lowest BCUT2D eigenvalue weighted by molar-refractivity contribution is -0.136. The Morgan fingerprint density at radius 2 is 1.88 bits per heavy atom. The molecule has 2 aromatic carbocycles. The van der Waals surface area contributed by atoms with Crippen LogP contribution >= 0.6 is 23.4 Å². The molecule has 0 spiro atoms. The van der Waals surface area contributed by atoms with Crippen molar-refractivity contribution in [2.75, 3.05) is 25.2 Å². The number of nitrogens with one attached hydrogen (secondary N) is 2. The predicted molar refractivity (Wildman–Crippen MR) is 103 cm³/mol. The molecule has 0 bridgehead atoms. The standard InChI is InChI=1S/C18H19ClN2O4S/c1-25-16-8-5-12(19)9-14(16)21-18(24)17(23)20-10-15(22)11-3-6-13(26-2)7-4-11/h3-9,15,22H,10H2,1-2H3,(H,20,23)(H,21,24). The van der Waals surface area contributed by atoms with Crippen LogP contribution in [0.2, 0.25) is 5.02 Å². The summed E-state index contributed by atoms with van der Waals surface area (Å²) in [5, 5.41) is 15.4. The summed E-state index contributed by atoms with van der Waals surface area (Å²) in [6.07, 6.45) is 1.04. The monoisotopic (exact) mass is 394 g/mol. The van der Waals surface area contributed by atoms with Crippen molar-refractivity contribution >= 4 is 40.9 Å². The van der Waals surface area contributed by atoms with E-state index in [-0.39, 0.29) is 12.2 Å². The van der Waals surface area contributed by atoms with E-state index in [9.17, 15) is 14.7 Å². The van der Waals surface area contributed by atoms with Gasteiger partial charge >= 0.3 is 11.8 Å². The van der Waals surface area contributed by atoms with Gasteiger partial charge in [0.2, 0.25) is 0 Å². The summed E-state index contributed by atoms with van der Waals surface area (Å²) < 4.78 is 5.11. The second kappa shape index (κ2) is 9.47. The minimum absolute atomic E-state index is 0.0858. The van der Waals surface area contributed by atoms with Crippen molar-refractivity contribution in [1.29, 1.82) is 0 Å². The van der Waals surface area contributed by atoms with E-state index in [0.29, 0.717) is 16.3 Å². The van der Waals surface area contributed by atoms with Gasteiger partial charge in [-0.25, -0.2) is 0 Å². The highest BCUT2D eigenvalue weighted by Crippen LogP contribution is 2.27. The van der Waals surface area contributed by atoms with Gasteiger partial charge in [0.05, 0.1) is 18.9 Å². The first-order chi connectivity index (χ1) is 12.4. The van der Waals surface area contributed by atoms with E-state index in [1.807, 2.05) is 18.4 Å². The summed E-state index contributed by atoms with van der Waals surface area (Å²) in [5.41, 5.74) is 0.938. The van der Waals surface area contributed by atoms with Crippen LogP contribution in [0.1, 0.15) is 11.7 Å². The van der Waals surface area contributed by atoms with E-state index >= 15 is 0 Å². The molecule has 2 amide bonds. The van der Waals surface area contributed by atoms with Crippen molar-refractivity contribution in [2.24, 2.45) is 0 Å². The van der Waals surface area contributed by atoms with Crippen LogP contribution in [0.5, 0.6) is 5.75 Å². The van der Waals surface area contributed by atoms with Crippen molar-refractivity contribution in [2.45, 2.75) is 11.0 Å². The molecule has 138 valence electrons.